The number of benzene rings is 1. The van der Waals surface area contributed by atoms with E-state index in [-0.39, 0.29) is 30.8 Å². The van der Waals surface area contributed by atoms with E-state index in [9.17, 15) is 18.8 Å². The van der Waals surface area contributed by atoms with Gasteiger partial charge in [-0.1, -0.05) is 6.07 Å². The van der Waals surface area contributed by atoms with Crippen LogP contribution in [0.5, 0.6) is 0 Å². The molecule has 29 heavy (non-hydrogen) atoms. The first-order valence-electron chi connectivity index (χ1n) is 9.79. The number of aliphatic hydroxyl groups is 1. The Morgan fingerprint density at radius 3 is 2.79 bits per heavy atom. The zero-order valence-electron chi connectivity index (χ0n) is 16.4. The molecule has 1 aromatic rings. The Morgan fingerprint density at radius 2 is 2.10 bits per heavy atom. The van der Waals surface area contributed by atoms with Crippen LogP contribution in [0.3, 0.4) is 0 Å². The predicted octanol–water partition coefficient (Wildman–Crippen LogP) is 1.38. The average Bonchev–Trinajstić information content (AvgIpc) is 2.90. The van der Waals surface area contributed by atoms with Crippen LogP contribution in [0, 0.1) is 5.82 Å². The van der Waals surface area contributed by atoms with Gasteiger partial charge in [0.1, 0.15) is 18.5 Å². The molecular weight excluding hydrogens is 381 g/mol. The van der Waals surface area contributed by atoms with Crippen molar-refractivity contribution in [3.63, 3.8) is 0 Å². The third-order valence-electron chi connectivity index (χ3n) is 5.40. The summed E-state index contributed by atoms with van der Waals surface area (Å²) >= 11 is 0. The molecule has 3 rings (SSSR count). The van der Waals surface area contributed by atoms with E-state index in [4.69, 9.17) is 9.84 Å². The maximum Gasteiger partial charge on any atom is 0.414 e. The van der Waals surface area contributed by atoms with Crippen molar-refractivity contribution < 1.29 is 28.6 Å². The van der Waals surface area contributed by atoms with Crippen molar-refractivity contribution in [2.75, 3.05) is 37.7 Å². The van der Waals surface area contributed by atoms with Crippen LogP contribution in [-0.4, -0.2) is 66.8 Å². The van der Waals surface area contributed by atoms with Crippen LogP contribution in [-0.2, 0) is 14.3 Å². The minimum absolute atomic E-state index is 0.0291. The highest BCUT2D eigenvalue weighted by atomic mass is 19.1. The number of nitrogens with one attached hydrogen (secondary N) is 1. The summed E-state index contributed by atoms with van der Waals surface area (Å²) in [6.07, 6.45) is 1.05. The van der Waals surface area contributed by atoms with Crippen molar-refractivity contribution in [2.45, 2.75) is 38.2 Å². The van der Waals surface area contributed by atoms with Crippen molar-refractivity contribution in [3.8, 4) is 0 Å². The predicted molar refractivity (Wildman–Crippen MR) is 103 cm³/mol. The Balaban J connectivity index is 1.66. The summed E-state index contributed by atoms with van der Waals surface area (Å²) in [4.78, 5) is 37.8. The lowest BCUT2D eigenvalue weighted by Crippen LogP contribution is -2.34. The van der Waals surface area contributed by atoms with Gasteiger partial charge in [0.2, 0.25) is 11.8 Å². The van der Waals surface area contributed by atoms with E-state index in [0.29, 0.717) is 30.8 Å². The summed E-state index contributed by atoms with van der Waals surface area (Å²) in [5.74, 6) is -0.938. The van der Waals surface area contributed by atoms with Gasteiger partial charge in [-0.25, -0.2) is 9.18 Å². The standard InChI is InChI=1S/C20H26FN3O5/c1-13(26)22-10-16-11-24(20(28)29-16)15-4-5-17(18(21)9-15)14-3-2-7-23(8-6-14)19(27)12-25/h4-5,9,14,16,25H,2-3,6-8,10-12H2,1H3,(H,22,26). The van der Waals surface area contributed by atoms with E-state index < -0.39 is 24.6 Å². The molecule has 2 saturated heterocycles. The number of ether oxygens (including phenoxy) is 1. The van der Waals surface area contributed by atoms with E-state index in [1.165, 1.54) is 17.9 Å². The normalized spacial score (nSPS) is 22.2. The maximum atomic E-state index is 14.9. The van der Waals surface area contributed by atoms with Gasteiger partial charge < -0.3 is 20.1 Å². The van der Waals surface area contributed by atoms with Gasteiger partial charge in [-0.15, -0.1) is 0 Å². The molecule has 2 N–H and O–H groups in total. The molecule has 0 spiro atoms. The SMILES string of the molecule is CC(=O)NCC1CN(c2ccc(C3CCCN(C(=O)CO)CC3)c(F)c2)C(=O)O1. The summed E-state index contributed by atoms with van der Waals surface area (Å²) in [6, 6.07) is 4.72. The van der Waals surface area contributed by atoms with Gasteiger partial charge in [0.15, 0.2) is 0 Å². The van der Waals surface area contributed by atoms with E-state index >= 15 is 0 Å². The topological polar surface area (TPSA) is 99.2 Å². The number of anilines is 1. The molecule has 0 saturated carbocycles. The zero-order chi connectivity index (χ0) is 21.0. The highest BCUT2D eigenvalue weighted by Gasteiger charge is 2.33. The molecule has 2 atom stereocenters. The smallest absolute Gasteiger partial charge is 0.414 e. The number of rotatable bonds is 5. The second-order valence-electron chi connectivity index (χ2n) is 7.43. The number of hydrogen-bond acceptors (Lipinski definition) is 5. The number of carbonyl (C=O) groups excluding carboxylic acids is 3. The van der Waals surface area contributed by atoms with Gasteiger partial charge in [0, 0.05) is 20.0 Å². The minimum atomic E-state index is -0.569. The first-order valence-corrected chi connectivity index (χ1v) is 9.79. The van der Waals surface area contributed by atoms with Crippen LogP contribution in [0.15, 0.2) is 18.2 Å². The molecule has 2 fully saturated rings. The molecule has 2 unspecified atom stereocenters. The highest BCUT2D eigenvalue weighted by molar-refractivity contribution is 5.89. The molecule has 0 bridgehead atoms. The van der Waals surface area contributed by atoms with E-state index in [1.807, 2.05) is 0 Å². The monoisotopic (exact) mass is 407 g/mol. The number of halogens is 1. The van der Waals surface area contributed by atoms with Crippen molar-refractivity contribution in [1.82, 2.24) is 10.2 Å². The van der Waals surface area contributed by atoms with Crippen LogP contribution >= 0.6 is 0 Å². The first-order chi connectivity index (χ1) is 13.9. The largest absolute Gasteiger partial charge is 0.442 e. The average molecular weight is 407 g/mol. The second-order valence-corrected chi connectivity index (χ2v) is 7.43. The molecule has 2 aliphatic heterocycles. The molecule has 9 heteroatoms. The summed E-state index contributed by atoms with van der Waals surface area (Å²) in [5, 5.41) is 11.6. The van der Waals surface area contributed by atoms with Crippen molar-refractivity contribution in [1.29, 1.82) is 0 Å². The Bertz CT molecular complexity index is 787. The molecule has 1 aromatic carbocycles. The van der Waals surface area contributed by atoms with Gasteiger partial charge in [0.25, 0.3) is 0 Å². The molecule has 2 heterocycles. The minimum Gasteiger partial charge on any atom is -0.442 e. The molecule has 0 aliphatic carbocycles. The molecule has 158 valence electrons. The van der Waals surface area contributed by atoms with Gasteiger partial charge >= 0.3 is 6.09 Å². The molecule has 0 aromatic heterocycles. The number of likely N-dealkylation sites (tertiary alicyclic amines) is 1. The maximum absolute atomic E-state index is 14.9. The zero-order valence-corrected chi connectivity index (χ0v) is 16.4. The lowest BCUT2D eigenvalue weighted by atomic mass is 9.91. The van der Waals surface area contributed by atoms with Crippen LogP contribution in [0.1, 0.15) is 37.7 Å². The fraction of sp³-hybridized carbons (Fsp3) is 0.550. The summed E-state index contributed by atoms with van der Waals surface area (Å²) < 4.78 is 20.1. The Kier molecular flexibility index (Phi) is 6.68. The third-order valence-corrected chi connectivity index (χ3v) is 5.40. The van der Waals surface area contributed by atoms with Gasteiger partial charge in [-0.2, -0.15) is 0 Å². The first kappa shape index (κ1) is 21.0. The molecular formula is C20H26FN3O5. The lowest BCUT2D eigenvalue weighted by Gasteiger charge is -2.20. The van der Waals surface area contributed by atoms with E-state index in [2.05, 4.69) is 5.32 Å². The molecule has 2 aliphatic rings. The molecule has 8 nitrogen and oxygen atoms in total. The van der Waals surface area contributed by atoms with Crippen LogP contribution in [0.2, 0.25) is 0 Å². The highest BCUT2D eigenvalue weighted by Crippen LogP contribution is 2.32. The Morgan fingerprint density at radius 1 is 1.31 bits per heavy atom. The summed E-state index contributed by atoms with van der Waals surface area (Å²) in [7, 11) is 0. The molecule has 0 radical (unpaired) electrons. The Labute approximate surface area is 168 Å². The summed E-state index contributed by atoms with van der Waals surface area (Å²) in [5.41, 5.74) is 0.974. The van der Waals surface area contributed by atoms with Gasteiger partial charge in [0.05, 0.1) is 18.8 Å². The number of hydrogen-bond donors (Lipinski definition) is 2. The fourth-order valence-corrected chi connectivity index (χ4v) is 3.87. The second kappa shape index (κ2) is 9.21. The van der Waals surface area contributed by atoms with E-state index in [1.54, 1.807) is 17.0 Å². The van der Waals surface area contributed by atoms with Crippen molar-refractivity contribution in [2.24, 2.45) is 0 Å². The molecule has 3 amide bonds. The number of nitrogens with zero attached hydrogens (tertiary/aromatic N) is 2. The number of cyclic esters (lactones) is 1. The number of aliphatic hydroxyl groups excluding tert-OH is 1. The quantitative estimate of drug-likeness (QED) is 0.768. The van der Waals surface area contributed by atoms with E-state index in [0.717, 1.165) is 12.8 Å². The van der Waals surface area contributed by atoms with Crippen molar-refractivity contribution in [3.05, 3.63) is 29.6 Å². The number of amides is 3. The van der Waals surface area contributed by atoms with Gasteiger partial charge in [-0.3, -0.25) is 14.5 Å². The summed E-state index contributed by atoms with van der Waals surface area (Å²) in [6.45, 7) is 2.36. The Hall–Kier alpha value is -2.68. The van der Waals surface area contributed by atoms with Gasteiger partial charge in [-0.05, 0) is 42.9 Å². The third kappa shape index (κ3) is 5.03. The van der Waals surface area contributed by atoms with Crippen LogP contribution in [0.4, 0.5) is 14.9 Å². The van der Waals surface area contributed by atoms with Crippen LogP contribution in [0.25, 0.3) is 0 Å². The van der Waals surface area contributed by atoms with Crippen molar-refractivity contribution >= 4 is 23.6 Å². The lowest BCUT2D eigenvalue weighted by molar-refractivity contribution is -0.134. The van der Waals surface area contributed by atoms with Crippen LogP contribution < -0.4 is 10.2 Å². The number of carbonyl (C=O) groups is 3. The fourth-order valence-electron chi connectivity index (χ4n) is 3.87.